The predicted molar refractivity (Wildman–Crippen MR) is 84.3 cm³/mol. The van der Waals surface area contributed by atoms with Gasteiger partial charge < -0.3 is 14.8 Å². The molecule has 0 fully saturated rings. The molecule has 0 saturated heterocycles. The first-order chi connectivity index (χ1) is 12.0. The summed E-state index contributed by atoms with van der Waals surface area (Å²) in [7, 11) is 0. The van der Waals surface area contributed by atoms with E-state index >= 15 is 0 Å². The lowest BCUT2D eigenvalue weighted by atomic mass is 10.0. The largest absolute Gasteiger partial charge is 0.445 e. The van der Waals surface area contributed by atoms with Crippen LogP contribution in [0.25, 0.3) is 0 Å². The number of carbonyl (C=O) groups excluding carboxylic acids is 2. The number of nitrogens with one attached hydrogen (secondary N) is 1. The van der Waals surface area contributed by atoms with Crippen molar-refractivity contribution in [2.45, 2.75) is 25.5 Å². The van der Waals surface area contributed by atoms with Gasteiger partial charge in [0.05, 0.1) is 0 Å². The van der Waals surface area contributed by atoms with E-state index in [1.165, 1.54) is 0 Å². The molecule has 0 aromatic heterocycles. The van der Waals surface area contributed by atoms with Crippen LogP contribution in [0.15, 0.2) is 42.5 Å². The highest BCUT2D eigenvalue weighted by atomic mass is 19.2. The zero-order valence-electron chi connectivity index (χ0n) is 13.2. The van der Waals surface area contributed by atoms with Crippen molar-refractivity contribution in [2.75, 3.05) is 0 Å². The summed E-state index contributed by atoms with van der Waals surface area (Å²) in [5.74, 6) is -3.45. The van der Waals surface area contributed by atoms with Gasteiger partial charge in [0.15, 0.2) is 11.6 Å². The van der Waals surface area contributed by atoms with Crippen LogP contribution in [-0.4, -0.2) is 18.4 Å². The van der Waals surface area contributed by atoms with Gasteiger partial charge in [-0.2, -0.15) is 0 Å². The Morgan fingerprint density at radius 1 is 1.08 bits per heavy atom. The van der Waals surface area contributed by atoms with Gasteiger partial charge in [-0.3, -0.25) is 0 Å². The molecule has 0 saturated carbocycles. The normalized spacial score (nSPS) is 11.6. The Balaban J connectivity index is 1.97. The van der Waals surface area contributed by atoms with Gasteiger partial charge in [0.1, 0.15) is 18.7 Å². The summed E-state index contributed by atoms with van der Waals surface area (Å²) in [6.45, 7) is 0.0278. The van der Waals surface area contributed by atoms with Gasteiger partial charge in [-0.05, 0) is 23.6 Å². The quantitative estimate of drug-likeness (QED) is 0.613. The molecule has 0 aliphatic heterocycles. The third kappa shape index (κ3) is 5.63. The van der Waals surface area contributed by atoms with Gasteiger partial charge in [-0.15, -0.1) is 0 Å². The summed E-state index contributed by atoms with van der Waals surface area (Å²) >= 11 is 0. The van der Waals surface area contributed by atoms with Crippen LogP contribution in [0, 0.1) is 17.5 Å². The summed E-state index contributed by atoms with van der Waals surface area (Å²) in [5.41, 5.74) is 0.630. The van der Waals surface area contributed by atoms with E-state index in [2.05, 4.69) is 5.32 Å². The van der Waals surface area contributed by atoms with Crippen molar-refractivity contribution in [1.29, 1.82) is 0 Å². The van der Waals surface area contributed by atoms with Crippen molar-refractivity contribution in [3.8, 4) is 0 Å². The second kappa shape index (κ2) is 8.86. The van der Waals surface area contributed by atoms with Crippen molar-refractivity contribution >= 4 is 12.4 Å². The summed E-state index contributed by atoms with van der Waals surface area (Å²) < 4.78 is 44.9. The molecule has 0 radical (unpaired) electrons. The van der Waals surface area contributed by atoms with Crippen LogP contribution in [0.3, 0.4) is 0 Å². The summed E-state index contributed by atoms with van der Waals surface area (Å²) in [6, 6.07) is 9.27. The first-order valence-electron chi connectivity index (χ1n) is 7.54. The first kappa shape index (κ1) is 18.5. The lowest BCUT2D eigenvalue weighted by Crippen LogP contribution is -2.37. The molecule has 4 nitrogen and oxygen atoms in total. The number of ether oxygens (including phenoxy) is 1. The zero-order chi connectivity index (χ0) is 18.2. The second-order valence-electron chi connectivity index (χ2n) is 5.37. The fourth-order valence-corrected chi connectivity index (χ4v) is 2.23. The lowest BCUT2D eigenvalue weighted by Gasteiger charge is -2.17. The molecule has 1 unspecified atom stereocenters. The van der Waals surface area contributed by atoms with E-state index in [0.717, 1.165) is 5.56 Å². The molecule has 132 valence electrons. The monoisotopic (exact) mass is 351 g/mol. The number of aldehydes is 1. The molecule has 0 aliphatic carbocycles. The van der Waals surface area contributed by atoms with Gasteiger partial charge >= 0.3 is 6.09 Å². The standard InChI is InChI=1S/C18H16F3NO3/c19-15-10-17(21)16(20)9-13(15)8-14(6-7-23)22-18(24)25-11-12-4-2-1-3-5-12/h1-5,7,9-10,14H,6,8,11H2,(H,22,24). The molecule has 0 heterocycles. The summed E-state index contributed by atoms with van der Waals surface area (Å²) in [6.07, 6.45) is -0.556. The van der Waals surface area contributed by atoms with Gasteiger partial charge in [-0.1, -0.05) is 30.3 Å². The number of hydrogen-bond acceptors (Lipinski definition) is 3. The van der Waals surface area contributed by atoms with Gasteiger partial charge in [0, 0.05) is 18.5 Å². The van der Waals surface area contributed by atoms with E-state index in [9.17, 15) is 22.8 Å². The molecule has 2 aromatic carbocycles. The smallest absolute Gasteiger partial charge is 0.407 e. The third-order valence-electron chi connectivity index (χ3n) is 3.47. The maximum Gasteiger partial charge on any atom is 0.407 e. The maximum absolute atomic E-state index is 13.7. The number of alkyl carbamates (subject to hydrolysis) is 1. The molecule has 25 heavy (non-hydrogen) atoms. The third-order valence-corrected chi connectivity index (χ3v) is 3.47. The van der Waals surface area contributed by atoms with Crippen LogP contribution in [0.2, 0.25) is 0 Å². The molecule has 1 N–H and O–H groups in total. The van der Waals surface area contributed by atoms with Crippen molar-refractivity contribution in [3.05, 3.63) is 71.0 Å². The van der Waals surface area contributed by atoms with Crippen LogP contribution >= 0.6 is 0 Å². The van der Waals surface area contributed by atoms with Crippen molar-refractivity contribution in [3.63, 3.8) is 0 Å². The maximum atomic E-state index is 13.7. The van der Waals surface area contributed by atoms with E-state index in [4.69, 9.17) is 4.74 Å². The van der Waals surface area contributed by atoms with Crippen LogP contribution in [0.5, 0.6) is 0 Å². The van der Waals surface area contributed by atoms with Crippen molar-refractivity contribution in [1.82, 2.24) is 5.32 Å². The van der Waals surface area contributed by atoms with E-state index in [-0.39, 0.29) is 25.0 Å². The Hall–Kier alpha value is -2.83. The fraction of sp³-hybridized carbons (Fsp3) is 0.222. The Kier molecular flexibility index (Phi) is 6.56. The summed E-state index contributed by atoms with van der Waals surface area (Å²) in [5, 5.41) is 2.42. The SMILES string of the molecule is O=CCC(Cc1cc(F)c(F)cc1F)NC(=O)OCc1ccccc1. The molecule has 2 aromatic rings. The Labute approximate surface area is 142 Å². The molecular formula is C18H16F3NO3. The van der Waals surface area contributed by atoms with Crippen LogP contribution in [0.4, 0.5) is 18.0 Å². The minimum absolute atomic E-state index is 0.0278. The average molecular weight is 351 g/mol. The van der Waals surface area contributed by atoms with Gasteiger partial charge in [0.25, 0.3) is 0 Å². The lowest BCUT2D eigenvalue weighted by molar-refractivity contribution is -0.108. The number of halogens is 3. The minimum Gasteiger partial charge on any atom is -0.445 e. The van der Waals surface area contributed by atoms with Crippen molar-refractivity contribution in [2.24, 2.45) is 0 Å². The fourth-order valence-electron chi connectivity index (χ4n) is 2.23. The molecule has 7 heteroatoms. The highest BCUT2D eigenvalue weighted by Crippen LogP contribution is 2.16. The first-order valence-corrected chi connectivity index (χ1v) is 7.54. The molecular weight excluding hydrogens is 335 g/mol. The van der Waals surface area contributed by atoms with E-state index in [1.54, 1.807) is 24.3 Å². The van der Waals surface area contributed by atoms with Gasteiger partial charge in [0.2, 0.25) is 0 Å². The Morgan fingerprint density at radius 2 is 1.76 bits per heavy atom. The number of hydrogen-bond donors (Lipinski definition) is 1. The molecule has 0 spiro atoms. The number of rotatable bonds is 7. The Morgan fingerprint density at radius 3 is 2.44 bits per heavy atom. The van der Waals surface area contributed by atoms with Gasteiger partial charge in [-0.25, -0.2) is 18.0 Å². The molecule has 2 rings (SSSR count). The molecule has 1 atom stereocenters. The van der Waals surface area contributed by atoms with Crippen molar-refractivity contribution < 1.29 is 27.5 Å². The number of carbonyl (C=O) groups is 2. The topological polar surface area (TPSA) is 55.4 Å². The Bertz CT molecular complexity index is 738. The second-order valence-corrected chi connectivity index (χ2v) is 5.37. The predicted octanol–water partition coefficient (Wildman–Crippen LogP) is 3.53. The summed E-state index contributed by atoms with van der Waals surface area (Å²) in [4.78, 5) is 22.6. The van der Waals surface area contributed by atoms with E-state index in [1.807, 2.05) is 6.07 Å². The van der Waals surface area contributed by atoms with E-state index < -0.39 is 29.6 Å². The molecule has 0 aliphatic rings. The van der Waals surface area contributed by atoms with Crippen LogP contribution in [-0.2, 0) is 22.6 Å². The van der Waals surface area contributed by atoms with Crippen LogP contribution in [0.1, 0.15) is 17.5 Å². The molecule has 1 amide bonds. The number of amides is 1. The zero-order valence-corrected chi connectivity index (χ0v) is 13.2. The van der Waals surface area contributed by atoms with Crippen LogP contribution < -0.4 is 5.32 Å². The highest BCUT2D eigenvalue weighted by Gasteiger charge is 2.18. The highest BCUT2D eigenvalue weighted by molar-refractivity contribution is 5.68. The minimum atomic E-state index is -1.30. The molecule has 0 bridgehead atoms. The number of benzene rings is 2. The van der Waals surface area contributed by atoms with E-state index in [0.29, 0.717) is 18.4 Å². The average Bonchev–Trinajstić information content (AvgIpc) is 2.59.